The Morgan fingerprint density at radius 1 is 0.793 bits per heavy atom. The normalized spacial score (nSPS) is 9.72. The van der Waals surface area contributed by atoms with Crippen molar-refractivity contribution in [3.05, 3.63) is 48.5 Å². The zero-order valence-electron chi connectivity index (χ0n) is 15.5. The Hall–Kier alpha value is -2.89. The van der Waals surface area contributed by atoms with E-state index in [4.69, 9.17) is 24.4 Å². The number of thiocarbonyl (C=S) groups is 2. The first-order valence-electron chi connectivity index (χ1n) is 8.10. The van der Waals surface area contributed by atoms with Crippen molar-refractivity contribution in [3.8, 4) is 0 Å². The number of benzene rings is 2. The monoisotopic (exact) mass is 450 g/mol. The largest absolute Gasteiger partial charge is 0.453 e. The van der Waals surface area contributed by atoms with Gasteiger partial charge in [0.15, 0.2) is 10.2 Å². The highest BCUT2D eigenvalue weighted by Gasteiger charge is 2.12. The molecule has 0 spiro atoms. The number of ether oxygens (including phenoxy) is 2. The molecule has 0 aliphatic heterocycles. The quantitative estimate of drug-likeness (QED) is 0.516. The lowest BCUT2D eigenvalue weighted by molar-refractivity contribution is 0.176. The third-order valence-corrected chi connectivity index (χ3v) is 4.67. The van der Waals surface area contributed by atoms with Crippen LogP contribution in [0.15, 0.2) is 58.3 Å². The molecular weight excluding hydrogens is 432 g/mol. The van der Waals surface area contributed by atoms with Crippen LogP contribution in [0.3, 0.4) is 0 Å². The number of alkyl carbamates (subject to hydrolysis) is 2. The summed E-state index contributed by atoms with van der Waals surface area (Å²) in [7, 11) is 2.47. The average Bonchev–Trinajstić information content (AvgIpc) is 2.70. The molecule has 2 amide bonds. The van der Waals surface area contributed by atoms with Crippen molar-refractivity contribution in [2.45, 2.75) is 9.79 Å². The predicted molar refractivity (Wildman–Crippen MR) is 121 cm³/mol. The minimum absolute atomic E-state index is 0.0357. The van der Waals surface area contributed by atoms with Gasteiger partial charge in [-0.2, -0.15) is 0 Å². The molecule has 0 unspecified atom stereocenters. The summed E-state index contributed by atoms with van der Waals surface area (Å²) >= 11 is 11.8. The van der Waals surface area contributed by atoms with E-state index in [2.05, 4.69) is 30.7 Å². The molecule has 0 radical (unpaired) electrons. The summed E-state index contributed by atoms with van der Waals surface area (Å²) in [5, 5.41) is 10.6. The lowest BCUT2D eigenvalue weighted by Gasteiger charge is -2.16. The molecular formula is C18H18N4O4S3. The van der Waals surface area contributed by atoms with E-state index in [0.29, 0.717) is 11.4 Å². The van der Waals surface area contributed by atoms with Crippen LogP contribution in [-0.2, 0) is 9.47 Å². The highest BCUT2D eigenvalue weighted by molar-refractivity contribution is 7.99. The van der Waals surface area contributed by atoms with Crippen molar-refractivity contribution in [3.63, 3.8) is 0 Å². The van der Waals surface area contributed by atoms with Crippen molar-refractivity contribution in [1.82, 2.24) is 10.6 Å². The van der Waals surface area contributed by atoms with Gasteiger partial charge in [0.05, 0.1) is 25.6 Å². The topological polar surface area (TPSA) is 101 Å². The molecule has 0 atom stereocenters. The summed E-state index contributed by atoms with van der Waals surface area (Å²) < 4.78 is 9.05. The highest BCUT2D eigenvalue weighted by Crippen LogP contribution is 2.33. The standard InChI is InChI=1S/C18H18N4O4S3/c1-25-17(23)21-15(27)19-13-9-8-12(29-11-6-4-3-5-7-11)10-14(13)20-16(28)22-18(24)26-2/h3-10H,1-2H3,(H2,19,21,23,27)(H2,20,22,24,28). The van der Waals surface area contributed by atoms with Gasteiger partial charge in [-0.3, -0.25) is 10.6 Å². The van der Waals surface area contributed by atoms with Gasteiger partial charge in [-0.1, -0.05) is 30.0 Å². The molecule has 4 N–H and O–H groups in total. The van der Waals surface area contributed by atoms with E-state index in [1.807, 2.05) is 42.5 Å². The second-order valence-electron chi connectivity index (χ2n) is 5.26. The average molecular weight is 451 g/mol. The number of nitrogens with one attached hydrogen (secondary N) is 4. The zero-order chi connectivity index (χ0) is 21.2. The Balaban J connectivity index is 2.23. The van der Waals surface area contributed by atoms with E-state index in [9.17, 15) is 9.59 Å². The minimum atomic E-state index is -0.699. The van der Waals surface area contributed by atoms with Crippen molar-refractivity contribution in [2.75, 3.05) is 24.9 Å². The lowest BCUT2D eigenvalue weighted by Crippen LogP contribution is -2.35. The van der Waals surface area contributed by atoms with Gasteiger partial charge in [-0.05, 0) is 54.8 Å². The SMILES string of the molecule is COC(=O)NC(=S)Nc1ccc(Sc2ccccc2)cc1NC(=S)NC(=O)OC. The second kappa shape index (κ2) is 11.2. The van der Waals surface area contributed by atoms with Gasteiger partial charge in [-0.15, -0.1) is 0 Å². The number of carbonyl (C=O) groups excluding carboxylic acids is 2. The fourth-order valence-corrected chi connectivity index (χ4v) is 3.28. The summed E-state index contributed by atoms with van der Waals surface area (Å²) in [6.07, 6.45) is -1.40. The maximum absolute atomic E-state index is 11.4. The smallest absolute Gasteiger partial charge is 0.413 e. The van der Waals surface area contributed by atoms with Crippen molar-refractivity contribution < 1.29 is 19.1 Å². The summed E-state index contributed by atoms with van der Waals surface area (Å²) in [5.74, 6) is 0. The number of hydrogen-bond acceptors (Lipinski definition) is 7. The summed E-state index contributed by atoms with van der Waals surface area (Å²) in [6, 6.07) is 15.3. The van der Waals surface area contributed by atoms with Gasteiger partial charge in [0.25, 0.3) is 0 Å². The van der Waals surface area contributed by atoms with Crippen LogP contribution < -0.4 is 21.3 Å². The van der Waals surface area contributed by atoms with Gasteiger partial charge in [0, 0.05) is 9.79 Å². The summed E-state index contributed by atoms with van der Waals surface area (Å²) in [6.45, 7) is 0. The van der Waals surface area contributed by atoms with Gasteiger partial charge >= 0.3 is 12.2 Å². The zero-order valence-corrected chi connectivity index (χ0v) is 17.9. The summed E-state index contributed by atoms with van der Waals surface area (Å²) in [5.41, 5.74) is 1.05. The van der Waals surface area contributed by atoms with Crippen molar-refractivity contribution in [1.29, 1.82) is 0 Å². The van der Waals surface area contributed by atoms with Crippen LogP contribution in [0.4, 0.5) is 21.0 Å². The van der Waals surface area contributed by atoms with E-state index in [1.165, 1.54) is 14.2 Å². The molecule has 2 aromatic rings. The molecule has 0 saturated carbocycles. The number of amides is 2. The van der Waals surface area contributed by atoms with Crippen LogP contribution in [-0.4, -0.2) is 36.6 Å². The first-order valence-corrected chi connectivity index (χ1v) is 9.73. The van der Waals surface area contributed by atoms with Gasteiger partial charge in [-0.25, -0.2) is 9.59 Å². The predicted octanol–water partition coefficient (Wildman–Crippen LogP) is 3.94. The Morgan fingerprint density at radius 3 is 1.90 bits per heavy atom. The molecule has 8 nitrogen and oxygen atoms in total. The maximum atomic E-state index is 11.4. The van der Waals surface area contributed by atoms with Crippen LogP contribution in [0.1, 0.15) is 0 Å². The molecule has 0 aromatic heterocycles. The maximum Gasteiger partial charge on any atom is 0.413 e. The van der Waals surface area contributed by atoms with E-state index in [-0.39, 0.29) is 10.2 Å². The fraction of sp³-hybridized carbons (Fsp3) is 0.111. The first kappa shape index (κ1) is 22.4. The Kier molecular flexibility index (Phi) is 8.65. The Morgan fingerprint density at radius 2 is 1.34 bits per heavy atom. The third kappa shape index (κ3) is 7.56. The molecule has 152 valence electrons. The molecule has 0 saturated heterocycles. The number of hydrogen-bond donors (Lipinski definition) is 4. The van der Waals surface area contributed by atoms with Gasteiger partial charge < -0.3 is 20.1 Å². The molecule has 0 aliphatic rings. The number of anilines is 2. The Bertz CT molecular complexity index is 909. The highest BCUT2D eigenvalue weighted by atomic mass is 32.2. The molecule has 0 fully saturated rings. The molecule has 0 bridgehead atoms. The molecule has 29 heavy (non-hydrogen) atoms. The second-order valence-corrected chi connectivity index (χ2v) is 7.23. The minimum Gasteiger partial charge on any atom is -0.453 e. The van der Waals surface area contributed by atoms with Crippen LogP contribution in [0, 0.1) is 0 Å². The molecule has 11 heteroatoms. The van der Waals surface area contributed by atoms with Crippen LogP contribution >= 0.6 is 36.2 Å². The molecule has 0 heterocycles. The first-order chi connectivity index (χ1) is 13.9. The fourth-order valence-electron chi connectivity index (χ4n) is 2.02. The van der Waals surface area contributed by atoms with E-state index in [0.717, 1.165) is 9.79 Å². The number of carbonyl (C=O) groups is 2. The van der Waals surface area contributed by atoms with E-state index < -0.39 is 12.2 Å². The van der Waals surface area contributed by atoms with E-state index >= 15 is 0 Å². The van der Waals surface area contributed by atoms with Crippen molar-refractivity contribution in [2.24, 2.45) is 0 Å². The van der Waals surface area contributed by atoms with Gasteiger partial charge in [0.2, 0.25) is 0 Å². The number of methoxy groups -OCH3 is 2. The third-order valence-electron chi connectivity index (χ3n) is 3.27. The van der Waals surface area contributed by atoms with E-state index in [1.54, 1.807) is 17.8 Å². The van der Waals surface area contributed by atoms with Crippen LogP contribution in [0.5, 0.6) is 0 Å². The molecule has 0 aliphatic carbocycles. The summed E-state index contributed by atoms with van der Waals surface area (Å²) in [4.78, 5) is 24.7. The van der Waals surface area contributed by atoms with Crippen LogP contribution in [0.2, 0.25) is 0 Å². The molecule has 2 rings (SSSR count). The number of rotatable bonds is 4. The van der Waals surface area contributed by atoms with Crippen LogP contribution in [0.25, 0.3) is 0 Å². The lowest BCUT2D eigenvalue weighted by atomic mass is 10.2. The van der Waals surface area contributed by atoms with Crippen molar-refractivity contribution >= 4 is 70.0 Å². The molecule has 2 aromatic carbocycles. The van der Waals surface area contributed by atoms with Gasteiger partial charge in [0.1, 0.15) is 0 Å². The Labute approximate surface area is 182 Å².